The first-order valence-electron chi connectivity index (χ1n) is 7.77. The second-order valence-corrected chi connectivity index (χ2v) is 6.82. The van der Waals surface area contributed by atoms with Crippen LogP contribution in [0, 0.1) is 5.41 Å². The number of hydrogen-bond acceptors (Lipinski definition) is 3. The van der Waals surface area contributed by atoms with Crippen molar-refractivity contribution >= 4 is 12.0 Å². The third kappa shape index (κ3) is 3.48. The number of nitrogens with zero attached hydrogens (tertiary/aromatic N) is 3. The maximum atomic E-state index is 12.5. The van der Waals surface area contributed by atoms with E-state index in [0.29, 0.717) is 32.0 Å². The van der Waals surface area contributed by atoms with Gasteiger partial charge in [-0.05, 0) is 46.7 Å². The van der Waals surface area contributed by atoms with Crippen molar-refractivity contribution in [3.63, 3.8) is 0 Å². The second-order valence-electron chi connectivity index (χ2n) is 6.82. The molecule has 6 nitrogen and oxygen atoms in total. The van der Waals surface area contributed by atoms with Crippen LogP contribution in [0.4, 0.5) is 4.79 Å². The first kappa shape index (κ1) is 16.1. The lowest BCUT2D eigenvalue weighted by atomic mass is 9.80. The normalized spacial score (nSPS) is 23.4. The largest absolute Gasteiger partial charge is 0.481 e. The van der Waals surface area contributed by atoms with Gasteiger partial charge in [0.15, 0.2) is 0 Å². The van der Waals surface area contributed by atoms with E-state index in [-0.39, 0.29) is 6.03 Å². The Morgan fingerprint density at radius 2 is 1.52 bits per heavy atom. The van der Waals surface area contributed by atoms with Crippen molar-refractivity contribution in [2.75, 3.05) is 40.3 Å². The number of carboxylic acids is 1. The van der Waals surface area contributed by atoms with Crippen molar-refractivity contribution in [2.24, 2.45) is 5.41 Å². The number of likely N-dealkylation sites (tertiary alicyclic amines) is 2. The summed E-state index contributed by atoms with van der Waals surface area (Å²) in [6, 6.07) is 0.644. The van der Waals surface area contributed by atoms with Crippen LogP contribution >= 0.6 is 0 Å². The van der Waals surface area contributed by atoms with Gasteiger partial charge in [-0.3, -0.25) is 4.79 Å². The minimum absolute atomic E-state index is 0.0830. The van der Waals surface area contributed by atoms with Gasteiger partial charge in [0, 0.05) is 32.2 Å². The fourth-order valence-electron chi connectivity index (χ4n) is 3.18. The van der Waals surface area contributed by atoms with Crippen molar-refractivity contribution in [3.8, 4) is 0 Å². The molecule has 0 radical (unpaired) electrons. The summed E-state index contributed by atoms with van der Waals surface area (Å²) in [5, 5.41) is 9.23. The Bertz CT molecular complexity index is 395. The summed E-state index contributed by atoms with van der Waals surface area (Å²) in [5.74, 6) is -0.749. The van der Waals surface area contributed by atoms with Crippen LogP contribution in [0.15, 0.2) is 0 Å². The quantitative estimate of drug-likeness (QED) is 0.835. The first-order valence-corrected chi connectivity index (χ1v) is 7.77. The van der Waals surface area contributed by atoms with Gasteiger partial charge >= 0.3 is 12.0 Å². The van der Waals surface area contributed by atoms with Gasteiger partial charge in [-0.2, -0.15) is 0 Å². The average molecular weight is 297 g/mol. The Kier molecular flexibility index (Phi) is 4.76. The minimum Gasteiger partial charge on any atom is -0.481 e. The van der Waals surface area contributed by atoms with Crippen LogP contribution in [0.5, 0.6) is 0 Å². The summed E-state index contributed by atoms with van der Waals surface area (Å²) < 4.78 is 0. The molecule has 2 aliphatic rings. The molecule has 0 atom stereocenters. The first-order chi connectivity index (χ1) is 9.83. The van der Waals surface area contributed by atoms with Gasteiger partial charge in [-0.25, -0.2) is 4.79 Å². The van der Waals surface area contributed by atoms with E-state index in [9.17, 15) is 14.7 Å². The molecule has 0 spiro atoms. The molecule has 2 fully saturated rings. The second kappa shape index (κ2) is 6.22. The number of carbonyl (C=O) groups is 2. The van der Waals surface area contributed by atoms with E-state index >= 15 is 0 Å². The maximum absolute atomic E-state index is 12.5. The van der Waals surface area contributed by atoms with Gasteiger partial charge in [0.25, 0.3) is 0 Å². The Morgan fingerprint density at radius 3 is 1.95 bits per heavy atom. The van der Waals surface area contributed by atoms with Gasteiger partial charge in [0.2, 0.25) is 0 Å². The number of amides is 2. The summed E-state index contributed by atoms with van der Waals surface area (Å²) in [6.45, 7) is 4.48. The van der Waals surface area contributed by atoms with Crippen LogP contribution in [0.3, 0.4) is 0 Å². The molecule has 0 aromatic heterocycles. The molecule has 0 unspecified atom stereocenters. The smallest absolute Gasteiger partial charge is 0.320 e. The molecule has 0 aromatic carbocycles. The molecular formula is C15H27N3O3. The fraction of sp³-hybridized carbons (Fsp3) is 0.867. The molecule has 0 bridgehead atoms. The van der Waals surface area contributed by atoms with E-state index in [1.807, 2.05) is 9.80 Å². The zero-order valence-electron chi connectivity index (χ0n) is 13.3. The van der Waals surface area contributed by atoms with Crippen molar-refractivity contribution < 1.29 is 14.7 Å². The number of aliphatic carboxylic acids is 1. The summed E-state index contributed by atoms with van der Waals surface area (Å²) in [5.41, 5.74) is -0.672. The van der Waals surface area contributed by atoms with E-state index in [1.54, 1.807) is 6.92 Å². The topological polar surface area (TPSA) is 64.1 Å². The zero-order chi connectivity index (χ0) is 15.6. The van der Waals surface area contributed by atoms with E-state index in [0.717, 1.165) is 25.9 Å². The number of carboxylic acid groups (broad SMARTS) is 1. The van der Waals surface area contributed by atoms with Crippen molar-refractivity contribution in [2.45, 2.75) is 38.6 Å². The van der Waals surface area contributed by atoms with Crippen molar-refractivity contribution in [1.82, 2.24) is 14.7 Å². The standard InChI is InChI=1S/C15H27N3O3/c1-15(13(19)20)6-10-18(11-7-15)14(21)17-8-4-12(5-9-17)16(2)3/h12H,4-11H2,1-3H3,(H,19,20). The number of hydrogen-bond donors (Lipinski definition) is 1. The molecule has 2 aliphatic heterocycles. The van der Waals surface area contributed by atoms with Gasteiger partial charge in [-0.15, -0.1) is 0 Å². The molecular weight excluding hydrogens is 270 g/mol. The Balaban J connectivity index is 1.84. The highest BCUT2D eigenvalue weighted by Crippen LogP contribution is 2.31. The lowest BCUT2D eigenvalue weighted by Gasteiger charge is -2.41. The lowest BCUT2D eigenvalue weighted by Crippen LogP contribution is -2.53. The van der Waals surface area contributed by atoms with E-state index < -0.39 is 11.4 Å². The highest BCUT2D eigenvalue weighted by Gasteiger charge is 2.39. The SMILES string of the molecule is CN(C)C1CCN(C(=O)N2CCC(C)(C(=O)O)CC2)CC1. The third-order valence-corrected chi connectivity index (χ3v) is 5.12. The van der Waals surface area contributed by atoms with Crippen LogP contribution < -0.4 is 0 Å². The molecule has 120 valence electrons. The van der Waals surface area contributed by atoms with E-state index in [2.05, 4.69) is 19.0 Å². The number of rotatable bonds is 2. The van der Waals surface area contributed by atoms with Crippen LogP contribution in [0.25, 0.3) is 0 Å². The lowest BCUT2D eigenvalue weighted by molar-refractivity contribution is -0.150. The molecule has 21 heavy (non-hydrogen) atoms. The molecule has 2 rings (SSSR count). The third-order valence-electron chi connectivity index (χ3n) is 5.12. The summed E-state index contributed by atoms with van der Waals surface area (Å²) in [4.78, 5) is 29.7. The maximum Gasteiger partial charge on any atom is 0.320 e. The summed E-state index contributed by atoms with van der Waals surface area (Å²) >= 11 is 0. The number of carbonyl (C=O) groups excluding carboxylic acids is 1. The molecule has 1 N–H and O–H groups in total. The van der Waals surface area contributed by atoms with E-state index in [4.69, 9.17) is 0 Å². The monoisotopic (exact) mass is 297 g/mol. The summed E-state index contributed by atoms with van der Waals surface area (Å²) in [7, 11) is 4.17. The molecule has 0 saturated carbocycles. The molecule has 6 heteroatoms. The highest BCUT2D eigenvalue weighted by atomic mass is 16.4. The van der Waals surface area contributed by atoms with Crippen molar-refractivity contribution in [3.05, 3.63) is 0 Å². The molecule has 2 saturated heterocycles. The van der Waals surface area contributed by atoms with Crippen LogP contribution in [-0.2, 0) is 4.79 Å². The van der Waals surface area contributed by atoms with Crippen molar-refractivity contribution in [1.29, 1.82) is 0 Å². The Labute approximate surface area is 126 Å². The highest BCUT2D eigenvalue weighted by molar-refractivity contribution is 5.77. The van der Waals surface area contributed by atoms with Crippen LogP contribution in [0.2, 0.25) is 0 Å². The number of urea groups is 1. The van der Waals surface area contributed by atoms with Crippen LogP contribution in [-0.4, -0.2) is 78.1 Å². The van der Waals surface area contributed by atoms with Gasteiger partial charge in [0.05, 0.1) is 5.41 Å². The predicted molar refractivity (Wildman–Crippen MR) is 80.2 cm³/mol. The minimum atomic E-state index is -0.749. The average Bonchev–Trinajstić information content (AvgIpc) is 2.47. The molecule has 0 aromatic rings. The Hall–Kier alpha value is -1.30. The molecule has 2 amide bonds. The number of piperidine rings is 2. The van der Waals surface area contributed by atoms with Gasteiger partial charge < -0.3 is 19.8 Å². The summed E-state index contributed by atoms with van der Waals surface area (Å²) in [6.07, 6.45) is 3.11. The molecule has 2 heterocycles. The predicted octanol–water partition coefficient (Wildman–Crippen LogP) is 1.32. The van der Waals surface area contributed by atoms with Crippen LogP contribution in [0.1, 0.15) is 32.6 Å². The van der Waals surface area contributed by atoms with Gasteiger partial charge in [-0.1, -0.05) is 0 Å². The Morgan fingerprint density at radius 1 is 1.05 bits per heavy atom. The fourth-order valence-corrected chi connectivity index (χ4v) is 3.18. The zero-order valence-corrected chi connectivity index (χ0v) is 13.3. The van der Waals surface area contributed by atoms with Gasteiger partial charge in [0.1, 0.15) is 0 Å². The van der Waals surface area contributed by atoms with E-state index in [1.165, 1.54) is 0 Å². The molecule has 0 aliphatic carbocycles.